The Morgan fingerprint density at radius 2 is 1.86 bits per heavy atom. The fraction of sp³-hybridized carbons (Fsp3) is 0.261. The van der Waals surface area contributed by atoms with Crippen molar-refractivity contribution in [3.8, 4) is 0 Å². The number of carbonyl (C=O) groups is 3. The summed E-state index contributed by atoms with van der Waals surface area (Å²) >= 11 is 6.01. The van der Waals surface area contributed by atoms with Gasteiger partial charge in [-0.1, -0.05) is 29.8 Å². The normalized spacial score (nSPS) is 12.4. The van der Waals surface area contributed by atoms with Gasteiger partial charge in [-0.15, -0.1) is 0 Å². The zero-order valence-corrected chi connectivity index (χ0v) is 20.9. The number of carbonyl (C=O) groups excluding carboxylic acids is 3. The summed E-state index contributed by atoms with van der Waals surface area (Å²) in [5.74, 6) is -1.90. The van der Waals surface area contributed by atoms with Crippen molar-refractivity contribution in [2.24, 2.45) is 0 Å². The van der Waals surface area contributed by atoms with E-state index in [-0.39, 0.29) is 22.0 Å². The molecule has 3 aromatic rings. The van der Waals surface area contributed by atoms with Crippen molar-refractivity contribution in [2.45, 2.75) is 24.3 Å². The van der Waals surface area contributed by atoms with Gasteiger partial charge in [-0.05, 0) is 29.8 Å². The van der Waals surface area contributed by atoms with Crippen LogP contribution in [0.25, 0.3) is 10.9 Å². The standard InChI is InChI=1S/C23H25ClN4O6S/c1-14(29)26-20(10-15-12-25-19-7-5-4-6-17(15)19)23(31)34-13-22(30)27-16-8-9-18(24)21(11-16)35(32,33)28(2)3/h4-9,11-12,20,25H,10,13H2,1-3H3,(H,26,29)(H,27,30)/t20-/m0/s1. The number of benzene rings is 2. The summed E-state index contributed by atoms with van der Waals surface area (Å²) in [5, 5.41) is 5.93. The van der Waals surface area contributed by atoms with E-state index in [1.54, 1.807) is 6.20 Å². The molecule has 0 spiro atoms. The fourth-order valence-electron chi connectivity index (χ4n) is 3.37. The van der Waals surface area contributed by atoms with Crippen molar-refractivity contribution in [2.75, 3.05) is 26.0 Å². The number of aromatic nitrogens is 1. The smallest absolute Gasteiger partial charge is 0.329 e. The van der Waals surface area contributed by atoms with Gasteiger partial charge < -0.3 is 20.4 Å². The van der Waals surface area contributed by atoms with Crippen molar-refractivity contribution in [3.63, 3.8) is 0 Å². The van der Waals surface area contributed by atoms with Crippen LogP contribution in [0, 0.1) is 0 Å². The molecular weight excluding hydrogens is 496 g/mol. The summed E-state index contributed by atoms with van der Waals surface area (Å²) < 4.78 is 30.9. The molecule has 0 unspecified atom stereocenters. The van der Waals surface area contributed by atoms with E-state index in [1.165, 1.54) is 39.2 Å². The Balaban J connectivity index is 1.66. The number of sulfonamides is 1. The lowest BCUT2D eigenvalue weighted by Crippen LogP contribution is -2.43. The molecule has 1 heterocycles. The zero-order valence-electron chi connectivity index (χ0n) is 19.3. The van der Waals surface area contributed by atoms with Gasteiger partial charge >= 0.3 is 5.97 Å². The number of anilines is 1. The van der Waals surface area contributed by atoms with Crippen LogP contribution in [0.15, 0.2) is 53.6 Å². The predicted molar refractivity (Wildman–Crippen MR) is 132 cm³/mol. The number of H-pyrrole nitrogens is 1. The molecule has 0 radical (unpaired) electrons. The number of rotatable bonds is 9. The van der Waals surface area contributed by atoms with Crippen LogP contribution in [0.2, 0.25) is 5.02 Å². The SMILES string of the molecule is CC(=O)N[C@@H](Cc1c[nH]c2ccccc12)C(=O)OCC(=O)Nc1ccc(Cl)c(S(=O)(=O)N(C)C)c1. The largest absolute Gasteiger partial charge is 0.454 e. The topological polar surface area (TPSA) is 138 Å². The second-order valence-electron chi connectivity index (χ2n) is 7.91. The number of hydrogen-bond donors (Lipinski definition) is 3. The molecule has 0 aliphatic carbocycles. The van der Waals surface area contributed by atoms with Gasteiger partial charge in [-0.3, -0.25) is 9.59 Å². The molecule has 12 heteroatoms. The molecule has 0 bridgehead atoms. The number of ether oxygens (including phenoxy) is 1. The molecule has 3 rings (SSSR count). The molecule has 2 amide bonds. The maximum atomic E-state index is 12.7. The van der Waals surface area contributed by atoms with Crippen LogP contribution >= 0.6 is 11.6 Å². The quantitative estimate of drug-likeness (QED) is 0.370. The first-order valence-corrected chi connectivity index (χ1v) is 12.3. The van der Waals surface area contributed by atoms with Gasteiger partial charge in [0.05, 0.1) is 5.02 Å². The first-order valence-electron chi connectivity index (χ1n) is 10.5. The number of esters is 1. The molecule has 0 saturated carbocycles. The van der Waals surface area contributed by atoms with Gasteiger partial charge in [0.15, 0.2) is 6.61 Å². The lowest BCUT2D eigenvalue weighted by Gasteiger charge is -2.17. The molecule has 0 fully saturated rings. The van der Waals surface area contributed by atoms with Crippen LogP contribution in [-0.2, 0) is 35.6 Å². The molecule has 186 valence electrons. The highest BCUT2D eigenvalue weighted by molar-refractivity contribution is 7.89. The van der Waals surface area contributed by atoms with Gasteiger partial charge in [-0.2, -0.15) is 0 Å². The first-order chi connectivity index (χ1) is 16.5. The molecule has 0 saturated heterocycles. The highest BCUT2D eigenvalue weighted by Crippen LogP contribution is 2.27. The summed E-state index contributed by atoms with van der Waals surface area (Å²) in [7, 11) is -1.11. The van der Waals surface area contributed by atoms with Crippen LogP contribution in [0.1, 0.15) is 12.5 Å². The van der Waals surface area contributed by atoms with Crippen LogP contribution in [0.3, 0.4) is 0 Å². The highest BCUT2D eigenvalue weighted by atomic mass is 35.5. The molecule has 1 atom stereocenters. The lowest BCUT2D eigenvalue weighted by atomic mass is 10.0. The average Bonchev–Trinajstić information content (AvgIpc) is 3.20. The van der Waals surface area contributed by atoms with E-state index in [4.69, 9.17) is 16.3 Å². The minimum atomic E-state index is -3.83. The molecule has 2 aromatic carbocycles. The third-order valence-corrected chi connectivity index (χ3v) is 7.38. The van der Waals surface area contributed by atoms with E-state index < -0.39 is 40.5 Å². The third-order valence-electron chi connectivity index (χ3n) is 5.08. The van der Waals surface area contributed by atoms with Gasteiger partial charge in [0.2, 0.25) is 15.9 Å². The molecule has 0 aliphatic heterocycles. The summed E-state index contributed by atoms with van der Waals surface area (Å²) in [6.07, 6.45) is 1.91. The zero-order chi connectivity index (χ0) is 25.8. The number of nitrogens with zero attached hydrogens (tertiary/aromatic N) is 1. The monoisotopic (exact) mass is 520 g/mol. The van der Waals surface area contributed by atoms with Gasteiger partial charge in [0.25, 0.3) is 5.91 Å². The molecule has 35 heavy (non-hydrogen) atoms. The number of hydrogen-bond acceptors (Lipinski definition) is 6. The number of para-hydroxylation sites is 1. The summed E-state index contributed by atoms with van der Waals surface area (Å²) in [6, 6.07) is 10.5. The Morgan fingerprint density at radius 1 is 1.14 bits per heavy atom. The summed E-state index contributed by atoms with van der Waals surface area (Å²) in [5.41, 5.74) is 1.85. The van der Waals surface area contributed by atoms with E-state index in [0.29, 0.717) is 0 Å². The number of halogens is 1. The number of amides is 2. The van der Waals surface area contributed by atoms with Crippen molar-refractivity contribution < 1.29 is 27.5 Å². The van der Waals surface area contributed by atoms with E-state index in [9.17, 15) is 22.8 Å². The molecular formula is C23H25ClN4O6S. The number of aromatic amines is 1. The number of fused-ring (bicyclic) bond motifs is 1. The second-order valence-corrected chi connectivity index (χ2v) is 10.4. The first kappa shape index (κ1) is 26.2. The number of nitrogens with one attached hydrogen (secondary N) is 3. The van der Waals surface area contributed by atoms with Gasteiger partial charge in [0.1, 0.15) is 10.9 Å². The van der Waals surface area contributed by atoms with E-state index in [1.807, 2.05) is 24.3 Å². The Morgan fingerprint density at radius 3 is 2.54 bits per heavy atom. The van der Waals surface area contributed by atoms with Crippen LogP contribution in [-0.4, -0.2) is 62.2 Å². The Bertz CT molecular complexity index is 1370. The van der Waals surface area contributed by atoms with Crippen LogP contribution in [0.4, 0.5) is 5.69 Å². The maximum absolute atomic E-state index is 12.7. The predicted octanol–water partition coefficient (Wildman–Crippen LogP) is 2.30. The minimum absolute atomic E-state index is 0.00134. The maximum Gasteiger partial charge on any atom is 0.329 e. The molecule has 10 nitrogen and oxygen atoms in total. The van der Waals surface area contributed by atoms with E-state index in [0.717, 1.165) is 20.8 Å². The van der Waals surface area contributed by atoms with Gasteiger partial charge in [-0.25, -0.2) is 17.5 Å². The highest BCUT2D eigenvalue weighted by Gasteiger charge is 2.25. The Labute approximate surface area is 207 Å². The Hall–Kier alpha value is -3.41. The third kappa shape index (κ3) is 6.38. The molecule has 0 aliphatic rings. The lowest BCUT2D eigenvalue weighted by molar-refractivity contribution is -0.150. The summed E-state index contributed by atoms with van der Waals surface area (Å²) in [6.45, 7) is 0.642. The average molecular weight is 521 g/mol. The van der Waals surface area contributed by atoms with E-state index in [2.05, 4.69) is 15.6 Å². The van der Waals surface area contributed by atoms with Crippen molar-refractivity contribution in [1.29, 1.82) is 0 Å². The summed E-state index contributed by atoms with van der Waals surface area (Å²) in [4.78, 5) is 39.6. The van der Waals surface area contributed by atoms with E-state index >= 15 is 0 Å². The minimum Gasteiger partial charge on any atom is -0.454 e. The molecule has 1 aromatic heterocycles. The van der Waals surface area contributed by atoms with Gasteiger partial charge in [0, 0.05) is 50.2 Å². The Kier molecular flexibility index (Phi) is 8.15. The van der Waals surface area contributed by atoms with Crippen LogP contribution < -0.4 is 10.6 Å². The fourth-order valence-corrected chi connectivity index (χ4v) is 4.76. The molecule has 3 N–H and O–H groups in total. The van der Waals surface area contributed by atoms with Crippen molar-refractivity contribution in [3.05, 3.63) is 59.2 Å². The van der Waals surface area contributed by atoms with Crippen LogP contribution in [0.5, 0.6) is 0 Å². The van der Waals surface area contributed by atoms with Crippen molar-refractivity contribution in [1.82, 2.24) is 14.6 Å². The van der Waals surface area contributed by atoms with Crippen molar-refractivity contribution >= 4 is 56.0 Å². The second kappa shape index (κ2) is 10.9.